The molecular formula is C10H18ClNO3. The standard InChI is InChI=1S/C10H18ClNO3/c1-3-15-9-7-12(6-8(9)14-2)10(13)4-5-11/h8-9H,3-7H2,1-2H3/t8-,9+/m0/s1. The van der Waals surface area contributed by atoms with Crippen molar-refractivity contribution in [2.45, 2.75) is 25.6 Å². The number of nitrogens with zero attached hydrogens (tertiary/aromatic N) is 1. The Morgan fingerprint density at radius 3 is 2.67 bits per heavy atom. The number of rotatable bonds is 5. The van der Waals surface area contributed by atoms with Gasteiger partial charge in [-0.2, -0.15) is 0 Å². The number of alkyl halides is 1. The van der Waals surface area contributed by atoms with Crippen molar-refractivity contribution in [1.82, 2.24) is 4.90 Å². The van der Waals surface area contributed by atoms with Crippen molar-refractivity contribution >= 4 is 17.5 Å². The number of methoxy groups -OCH3 is 1. The second-order valence-electron chi connectivity index (χ2n) is 3.51. The number of carbonyl (C=O) groups excluding carboxylic acids is 1. The summed E-state index contributed by atoms with van der Waals surface area (Å²) in [5, 5.41) is 0. The summed E-state index contributed by atoms with van der Waals surface area (Å²) in [6.45, 7) is 3.80. The number of hydrogen-bond donors (Lipinski definition) is 0. The van der Waals surface area contributed by atoms with E-state index in [-0.39, 0.29) is 18.1 Å². The maximum absolute atomic E-state index is 11.6. The number of likely N-dealkylation sites (tertiary alicyclic amines) is 1. The fourth-order valence-corrected chi connectivity index (χ4v) is 1.95. The SMILES string of the molecule is CCO[C@@H]1CN(C(=O)CCCl)C[C@@H]1OC. The molecule has 1 saturated heterocycles. The molecule has 0 aromatic rings. The van der Waals surface area contributed by atoms with Gasteiger partial charge in [-0.25, -0.2) is 0 Å². The van der Waals surface area contributed by atoms with E-state index in [2.05, 4.69) is 0 Å². The number of halogens is 1. The zero-order chi connectivity index (χ0) is 11.3. The van der Waals surface area contributed by atoms with Gasteiger partial charge in [-0.3, -0.25) is 4.79 Å². The highest BCUT2D eigenvalue weighted by molar-refractivity contribution is 6.18. The molecule has 0 radical (unpaired) electrons. The molecule has 0 aromatic heterocycles. The summed E-state index contributed by atoms with van der Waals surface area (Å²) in [5.41, 5.74) is 0. The molecule has 4 nitrogen and oxygen atoms in total. The Morgan fingerprint density at radius 2 is 2.13 bits per heavy atom. The van der Waals surface area contributed by atoms with E-state index in [9.17, 15) is 4.79 Å². The smallest absolute Gasteiger partial charge is 0.223 e. The van der Waals surface area contributed by atoms with Crippen LogP contribution in [0.5, 0.6) is 0 Å². The molecule has 0 saturated carbocycles. The predicted molar refractivity (Wildman–Crippen MR) is 58.1 cm³/mol. The van der Waals surface area contributed by atoms with Crippen molar-refractivity contribution in [1.29, 1.82) is 0 Å². The number of ether oxygens (including phenoxy) is 2. The van der Waals surface area contributed by atoms with Crippen LogP contribution in [0, 0.1) is 0 Å². The lowest BCUT2D eigenvalue weighted by Gasteiger charge is -2.15. The molecule has 1 aliphatic heterocycles. The van der Waals surface area contributed by atoms with Crippen LogP contribution in [0.25, 0.3) is 0 Å². The number of hydrogen-bond acceptors (Lipinski definition) is 3. The maximum Gasteiger partial charge on any atom is 0.223 e. The molecule has 88 valence electrons. The fraction of sp³-hybridized carbons (Fsp3) is 0.900. The van der Waals surface area contributed by atoms with E-state index in [4.69, 9.17) is 21.1 Å². The molecule has 0 bridgehead atoms. The molecule has 0 N–H and O–H groups in total. The lowest BCUT2D eigenvalue weighted by molar-refractivity contribution is -0.130. The quantitative estimate of drug-likeness (QED) is 0.664. The minimum Gasteiger partial charge on any atom is -0.377 e. The van der Waals surface area contributed by atoms with Crippen LogP contribution in [0.2, 0.25) is 0 Å². The maximum atomic E-state index is 11.6. The average Bonchev–Trinajstić information content (AvgIpc) is 2.62. The average molecular weight is 236 g/mol. The minimum absolute atomic E-state index is 0.000671. The number of amides is 1. The van der Waals surface area contributed by atoms with Gasteiger partial charge in [-0.05, 0) is 6.92 Å². The summed E-state index contributed by atoms with van der Waals surface area (Å²) < 4.78 is 10.8. The Kier molecular flexibility index (Phi) is 5.36. The van der Waals surface area contributed by atoms with Crippen LogP contribution in [0.3, 0.4) is 0 Å². The first-order valence-electron chi connectivity index (χ1n) is 5.21. The molecule has 2 atom stereocenters. The number of carbonyl (C=O) groups is 1. The lowest BCUT2D eigenvalue weighted by Crippen LogP contribution is -2.30. The summed E-state index contributed by atoms with van der Waals surface area (Å²) in [5.74, 6) is 0.445. The van der Waals surface area contributed by atoms with Crippen molar-refractivity contribution in [3.63, 3.8) is 0 Å². The summed E-state index contributed by atoms with van der Waals surface area (Å²) in [6.07, 6.45) is 0.375. The fourth-order valence-electron chi connectivity index (χ4n) is 1.79. The molecule has 1 amide bonds. The van der Waals surface area contributed by atoms with Crippen molar-refractivity contribution in [3.8, 4) is 0 Å². The van der Waals surface area contributed by atoms with Crippen LogP contribution in [-0.2, 0) is 14.3 Å². The highest BCUT2D eigenvalue weighted by Crippen LogP contribution is 2.17. The monoisotopic (exact) mass is 235 g/mol. The second-order valence-corrected chi connectivity index (χ2v) is 3.88. The van der Waals surface area contributed by atoms with Gasteiger partial charge in [0.05, 0.1) is 0 Å². The molecule has 15 heavy (non-hydrogen) atoms. The van der Waals surface area contributed by atoms with Crippen LogP contribution in [0.4, 0.5) is 0 Å². The highest BCUT2D eigenvalue weighted by Gasteiger charge is 2.35. The van der Waals surface area contributed by atoms with Gasteiger partial charge in [-0.15, -0.1) is 11.6 Å². The van der Waals surface area contributed by atoms with E-state index in [1.165, 1.54) is 0 Å². The predicted octanol–water partition coefficient (Wildman–Crippen LogP) is 0.878. The largest absolute Gasteiger partial charge is 0.377 e. The summed E-state index contributed by atoms with van der Waals surface area (Å²) in [6, 6.07) is 0. The van der Waals surface area contributed by atoms with Crippen LogP contribution < -0.4 is 0 Å². The lowest BCUT2D eigenvalue weighted by atomic mass is 10.2. The van der Waals surface area contributed by atoms with E-state index in [0.29, 0.717) is 32.0 Å². The van der Waals surface area contributed by atoms with Crippen LogP contribution in [0.1, 0.15) is 13.3 Å². The van der Waals surface area contributed by atoms with Crippen LogP contribution >= 0.6 is 11.6 Å². The zero-order valence-electron chi connectivity index (χ0n) is 9.24. The molecule has 5 heteroatoms. The molecule has 0 aromatic carbocycles. The van der Waals surface area contributed by atoms with Crippen molar-refractivity contribution in [2.24, 2.45) is 0 Å². The van der Waals surface area contributed by atoms with Crippen molar-refractivity contribution in [3.05, 3.63) is 0 Å². The zero-order valence-corrected chi connectivity index (χ0v) is 10.00. The first kappa shape index (κ1) is 12.7. The van der Waals surface area contributed by atoms with Crippen LogP contribution in [-0.4, -0.2) is 55.7 Å². The third kappa shape index (κ3) is 3.33. The van der Waals surface area contributed by atoms with Gasteiger partial charge in [0.15, 0.2) is 0 Å². The normalized spacial score (nSPS) is 25.9. The van der Waals surface area contributed by atoms with E-state index in [1.807, 2.05) is 6.92 Å². The first-order valence-corrected chi connectivity index (χ1v) is 5.74. The van der Waals surface area contributed by atoms with Gasteiger partial charge in [0.25, 0.3) is 0 Å². The molecule has 1 rings (SSSR count). The van der Waals surface area contributed by atoms with Crippen LogP contribution in [0.15, 0.2) is 0 Å². The van der Waals surface area contributed by atoms with Gasteiger partial charge >= 0.3 is 0 Å². The van der Waals surface area contributed by atoms with Gasteiger partial charge in [-0.1, -0.05) is 0 Å². The Balaban J connectivity index is 2.48. The Morgan fingerprint density at radius 1 is 1.47 bits per heavy atom. The third-order valence-electron chi connectivity index (χ3n) is 2.56. The van der Waals surface area contributed by atoms with E-state index >= 15 is 0 Å². The van der Waals surface area contributed by atoms with E-state index in [1.54, 1.807) is 12.0 Å². The van der Waals surface area contributed by atoms with Crippen molar-refractivity contribution in [2.75, 3.05) is 32.7 Å². The minimum atomic E-state index is -0.00998. The molecular weight excluding hydrogens is 218 g/mol. The topological polar surface area (TPSA) is 38.8 Å². The van der Waals surface area contributed by atoms with Gasteiger partial charge in [0.1, 0.15) is 12.2 Å². The Labute approximate surface area is 95.5 Å². The molecule has 0 unspecified atom stereocenters. The van der Waals surface area contributed by atoms with Gasteiger partial charge in [0, 0.05) is 39.1 Å². The second kappa shape index (κ2) is 6.30. The summed E-state index contributed by atoms with van der Waals surface area (Å²) in [4.78, 5) is 13.3. The Bertz CT molecular complexity index is 213. The highest BCUT2D eigenvalue weighted by atomic mass is 35.5. The van der Waals surface area contributed by atoms with E-state index in [0.717, 1.165) is 0 Å². The molecule has 0 spiro atoms. The molecule has 1 fully saturated rings. The molecule has 1 heterocycles. The third-order valence-corrected chi connectivity index (χ3v) is 2.75. The Hall–Kier alpha value is -0.320. The van der Waals surface area contributed by atoms with Crippen molar-refractivity contribution < 1.29 is 14.3 Å². The van der Waals surface area contributed by atoms with Gasteiger partial charge < -0.3 is 14.4 Å². The first-order chi connectivity index (χ1) is 7.22. The molecule has 1 aliphatic rings. The van der Waals surface area contributed by atoms with E-state index < -0.39 is 0 Å². The summed E-state index contributed by atoms with van der Waals surface area (Å²) >= 11 is 5.53. The summed E-state index contributed by atoms with van der Waals surface area (Å²) in [7, 11) is 1.65. The molecule has 0 aliphatic carbocycles. The van der Waals surface area contributed by atoms with Gasteiger partial charge in [0.2, 0.25) is 5.91 Å².